The van der Waals surface area contributed by atoms with E-state index in [9.17, 15) is 0 Å². The topological polar surface area (TPSA) is 55.3 Å². The van der Waals surface area contributed by atoms with Gasteiger partial charge in [-0.25, -0.2) is 0 Å². The summed E-state index contributed by atoms with van der Waals surface area (Å²) >= 11 is 0. The molecular weight excluding hydrogens is 210 g/mol. The SMILES string of the molecule is CN(C)c1cc(-c2cccc(N)c2)ccc1N. The monoisotopic (exact) mass is 227 g/mol. The number of benzene rings is 2. The Morgan fingerprint density at radius 3 is 2.24 bits per heavy atom. The van der Waals surface area contributed by atoms with E-state index < -0.39 is 0 Å². The smallest absolute Gasteiger partial charge is 0.0600 e. The first kappa shape index (κ1) is 11.3. The predicted octanol–water partition coefficient (Wildman–Crippen LogP) is 2.58. The van der Waals surface area contributed by atoms with Gasteiger partial charge in [-0.3, -0.25) is 0 Å². The fourth-order valence-corrected chi connectivity index (χ4v) is 1.83. The minimum atomic E-state index is 0.769. The van der Waals surface area contributed by atoms with Crippen LogP contribution in [0, 0.1) is 0 Å². The number of hydrogen-bond acceptors (Lipinski definition) is 3. The second kappa shape index (κ2) is 4.37. The van der Waals surface area contributed by atoms with Crippen LogP contribution < -0.4 is 16.4 Å². The fraction of sp³-hybridized carbons (Fsp3) is 0.143. The molecule has 0 spiro atoms. The van der Waals surface area contributed by atoms with Crippen molar-refractivity contribution in [3.05, 3.63) is 42.5 Å². The molecule has 0 amide bonds. The van der Waals surface area contributed by atoms with E-state index >= 15 is 0 Å². The van der Waals surface area contributed by atoms with Gasteiger partial charge in [0.2, 0.25) is 0 Å². The van der Waals surface area contributed by atoms with Crippen molar-refractivity contribution in [3.8, 4) is 11.1 Å². The lowest BCUT2D eigenvalue weighted by Crippen LogP contribution is -2.11. The average Bonchev–Trinajstić information content (AvgIpc) is 2.29. The summed E-state index contributed by atoms with van der Waals surface area (Å²) in [7, 11) is 3.96. The molecule has 0 saturated heterocycles. The summed E-state index contributed by atoms with van der Waals surface area (Å²) < 4.78 is 0. The van der Waals surface area contributed by atoms with Crippen LogP contribution >= 0.6 is 0 Å². The highest BCUT2D eigenvalue weighted by molar-refractivity contribution is 5.77. The van der Waals surface area contributed by atoms with Gasteiger partial charge < -0.3 is 16.4 Å². The number of hydrogen-bond donors (Lipinski definition) is 2. The van der Waals surface area contributed by atoms with Gasteiger partial charge in [-0.1, -0.05) is 18.2 Å². The molecule has 3 heteroatoms. The van der Waals surface area contributed by atoms with Crippen molar-refractivity contribution in [2.24, 2.45) is 0 Å². The van der Waals surface area contributed by atoms with Gasteiger partial charge in [0.05, 0.1) is 11.4 Å². The lowest BCUT2D eigenvalue weighted by Gasteiger charge is -2.16. The molecule has 3 nitrogen and oxygen atoms in total. The molecule has 0 bridgehead atoms. The van der Waals surface area contributed by atoms with Crippen LogP contribution in [0.2, 0.25) is 0 Å². The van der Waals surface area contributed by atoms with Crippen LogP contribution in [0.3, 0.4) is 0 Å². The summed E-state index contributed by atoms with van der Waals surface area (Å²) in [5.74, 6) is 0. The van der Waals surface area contributed by atoms with E-state index in [1.165, 1.54) is 0 Å². The first-order chi connectivity index (χ1) is 8.08. The third-order valence-corrected chi connectivity index (χ3v) is 2.73. The summed E-state index contributed by atoms with van der Waals surface area (Å²) in [4.78, 5) is 2.01. The maximum absolute atomic E-state index is 5.93. The molecule has 2 aromatic rings. The quantitative estimate of drug-likeness (QED) is 0.775. The zero-order valence-electron chi connectivity index (χ0n) is 10.1. The predicted molar refractivity (Wildman–Crippen MR) is 75.0 cm³/mol. The van der Waals surface area contributed by atoms with E-state index in [2.05, 4.69) is 6.07 Å². The van der Waals surface area contributed by atoms with Gasteiger partial charge in [-0.2, -0.15) is 0 Å². The Kier molecular flexibility index (Phi) is 2.91. The van der Waals surface area contributed by atoms with Gasteiger partial charge in [-0.05, 0) is 35.4 Å². The maximum Gasteiger partial charge on any atom is 0.0600 e. The molecule has 0 fully saturated rings. The van der Waals surface area contributed by atoms with Crippen molar-refractivity contribution >= 4 is 17.1 Å². The highest BCUT2D eigenvalue weighted by Gasteiger charge is 2.04. The second-order valence-electron chi connectivity index (χ2n) is 4.29. The number of nitrogens with two attached hydrogens (primary N) is 2. The first-order valence-electron chi connectivity index (χ1n) is 5.50. The third-order valence-electron chi connectivity index (χ3n) is 2.73. The van der Waals surface area contributed by atoms with Gasteiger partial charge in [0.25, 0.3) is 0 Å². The third kappa shape index (κ3) is 2.33. The van der Waals surface area contributed by atoms with Crippen molar-refractivity contribution in [1.82, 2.24) is 0 Å². The Morgan fingerprint density at radius 1 is 0.882 bits per heavy atom. The fourth-order valence-electron chi connectivity index (χ4n) is 1.83. The van der Waals surface area contributed by atoms with Crippen molar-refractivity contribution in [2.45, 2.75) is 0 Å². The van der Waals surface area contributed by atoms with Crippen LogP contribution in [0.4, 0.5) is 17.1 Å². The Bertz CT molecular complexity index is 533. The molecule has 88 valence electrons. The van der Waals surface area contributed by atoms with Crippen LogP contribution in [0.5, 0.6) is 0 Å². The number of nitrogen functional groups attached to an aromatic ring is 2. The highest BCUT2D eigenvalue weighted by atomic mass is 15.1. The van der Waals surface area contributed by atoms with Crippen molar-refractivity contribution < 1.29 is 0 Å². The molecular formula is C14H17N3. The summed E-state index contributed by atoms with van der Waals surface area (Å²) in [6, 6.07) is 13.9. The van der Waals surface area contributed by atoms with Crippen LogP contribution in [0.1, 0.15) is 0 Å². The van der Waals surface area contributed by atoms with Gasteiger partial charge in [0.1, 0.15) is 0 Å². The molecule has 0 aliphatic rings. The molecule has 0 atom stereocenters. The summed E-state index contributed by atoms with van der Waals surface area (Å²) in [5.41, 5.74) is 16.5. The van der Waals surface area contributed by atoms with Gasteiger partial charge >= 0.3 is 0 Å². The zero-order chi connectivity index (χ0) is 12.4. The summed E-state index contributed by atoms with van der Waals surface area (Å²) in [6.07, 6.45) is 0. The van der Waals surface area contributed by atoms with Gasteiger partial charge in [-0.15, -0.1) is 0 Å². The van der Waals surface area contributed by atoms with Crippen LogP contribution in [-0.2, 0) is 0 Å². The zero-order valence-corrected chi connectivity index (χ0v) is 10.1. The molecule has 0 saturated carbocycles. The van der Waals surface area contributed by atoms with Crippen LogP contribution in [0.25, 0.3) is 11.1 Å². The van der Waals surface area contributed by atoms with Gasteiger partial charge in [0.15, 0.2) is 0 Å². The first-order valence-corrected chi connectivity index (χ1v) is 5.50. The number of rotatable bonds is 2. The average molecular weight is 227 g/mol. The standard InChI is InChI=1S/C14H17N3/c1-17(2)14-9-11(6-7-13(14)16)10-4-3-5-12(15)8-10/h3-9H,15-16H2,1-2H3. The summed E-state index contributed by atoms with van der Waals surface area (Å²) in [5, 5.41) is 0. The molecule has 0 unspecified atom stereocenters. The lowest BCUT2D eigenvalue weighted by atomic mass is 10.0. The molecule has 0 aromatic heterocycles. The Balaban J connectivity index is 2.50. The van der Waals surface area contributed by atoms with E-state index in [1.807, 2.05) is 55.4 Å². The Morgan fingerprint density at radius 2 is 1.59 bits per heavy atom. The van der Waals surface area contributed by atoms with Gasteiger partial charge in [0, 0.05) is 19.8 Å². The van der Waals surface area contributed by atoms with Crippen molar-refractivity contribution in [1.29, 1.82) is 0 Å². The molecule has 0 radical (unpaired) electrons. The molecule has 0 heterocycles. The van der Waals surface area contributed by atoms with E-state index in [0.717, 1.165) is 28.2 Å². The molecule has 4 N–H and O–H groups in total. The van der Waals surface area contributed by atoms with E-state index in [0.29, 0.717) is 0 Å². The van der Waals surface area contributed by atoms with E-state index in [1.54, 1.807) is 0 Å². The largest absolute Gasteiger partial charge is 0.399 e. The second-order valence-corrected chi connectivity index (χ2v) is 4.29. The maximum atomic E-state index is 5.93. The van der Waals surface area contributed by atoms with Crippen molar-refractivity contribution in [3.63, 3.8) is 0 Å². The van der Waals surface area contributed by atoms with E-state index in [4.69, 9.17) is 11.5 Å². The minimum absolute atomic E-state index is 0.769. The molecule has 2 aromatic carbocycles. The minimum Gasteiger partial charge on any atom is -0.399 e. The lowest BCUT2D eigenvalue weighted by molar-refractivity contribution is 1.13. The Labute approximate surface area is 102 Å². The molecule has 2 rings (SSSR count). The van der Waals surface area contributed by atoms with Crippen molar-refractivity contribution in [2.75, 3.05) is 30.5 Å². The van der Waals surface area contributed by atoms with Crippen LogP contribution in [-0.4, -0.2) is 14.1 Å². The normalized spacial score (nSPS) is 10.2. The number of anilines is 3. The molecule has 0 aliphatic carbocycles. The van der Waals surface area contributed by atoms with Crippen LogP contribution in [0.15, 0.2) is 42.5 Å². The number of nitrogens with zero attached hydrogens (tertiary/aromatic N) is 1. The Hall–Kier alpha value is -2.16. The van der Waals surface area contributed by atoms with E-state index in [-0.39, 0.29) is 0 Å². The highest BCUT2D eigenvalue weighted by Crippen LogP contribution is 2.29. The molecule has 17 heavy (non-hydrogen) atoms. The summed E-state index contributed by atoms with van der Waals surface area (Å²) in [6.45, 7) is 0. The molecule has 0 aliphatic heterocycles.